The molecule has 0 saturated heterocycles. The van der Waals surface area contributed by atoms with Crippen molar-refractivity contribution in [3.05, 3.63) is 279 Å². The van der Waals surface area contributed by atoms with Gasteiger partial charge in [-0.3, -0.25) is 0 Å². The van der Waals surface area contributed by atoms with Gasteiger partial charge in [0, 0.05) is 65.6 Å². The van der Waals surface area contributed by atoms with Crippen LogP contribution in [0.4, 0.5) is 0 Å². The molecule has 3 heterocycles. The lowest BCUT2D eigenvalue weighted by Gasteiger charge is -2.28. The van der Waals surface area contributed by atoms with Crippen LogP contribution in [0.25, 0.3) is 176 Å². The second-order valence-electron chi connectivity index (χ2n) is 21.6. The van der Waals surface area contributed by atoms with E-state index >= 15 is 0 Å². The van der Waals surface area contributed by atoms with Crippen LogP contribution in [0.2, 0.25) is 0 Å². The molecule has 0 aliphatic carbocycles. The molecule has 0 atom stereocenters. The molecule has 17 rings (SSSR count). The molecule has 0 aliphatic rings. The molecule has 0 fully saturated rings. The highest BCUT2D eigenvalue weighted by Gasteiger charge is 2.31. The van der Waals surface area contributed by atoms with Gasteiger partial charge in [0.05, 0.1) is 16.6 Å². The zero-order valence-corrected chi connectivity index (χ0v) is 44.1. The molecule has 0 radical (unpaired) electrons. The van der Waals surface area contributed by atoms with Crippen molar-refractivity contribution in [2.45, 2.75) is 0 Å². The van der Waals surface area contributed by atoms with Crippen LogP contribution in [0, 0.1) is 0 Å². The van der Waals surface area contributed by atoms with Crippen molar-refractivity contribution in [3.63, 3.8) is 0 Å². The predicted molar refractivity (Wildman–Crippen MR) is 345 cm³/mol. The van der Waals surface area contributed by atoms with Crippen LogP contribution in [0.15, 0.2) is 279 Å². The number of nitrogens with one attached hydrogen (secondary N) is 3. The van der Waals surface area contributed by atoms with Crippen molar-refractivity contribution in [2.24, 2.45) is 0 Å². The van der Waals surface area contributed by atoms with Gasteiger partial charge < -0.3 is 15.0 Å². The normalized spacial score (nSPS) is 12.0. The van der Waals surface area contributed by atoms with Gasteiger partial charge in [0.25, 0.3) is 0 Å². The van der Waals surface area contributed by atoms with Crippen LogP contribution in [-0.4, -0.2) is 15.0 Å². The number of fused-ring (bicyclic) bond motifs is 15. The summed E-state index contributed by atoms with van der Waals surface area (Å²) in [5.41, 5.74) is 22.7. The lowest BCUT2D eigenvalue weighted by molar-refractivity contribution is 1.51. The van der Waals surface area contributed by atoms with Gasteiger partial charge in [0.2, 0.25) is 0 Å². The number of aromatic nitrogens is 3. The fourth-order valence-electron chi connectivity index (χ4n) is 13.9. The van der Waals surface area contributed by atoms with Gasteiger partial charge >= 0.3 is 0 Å². The second-order valence-corrected chi connectivity index (χ2v) is 21.6. The van der Waals surface area contributed by atoms with Crippen LogP contribution >= 0.6 is 0 Å². The molecular formula is C78H49N3. The van der Waals surface area contributed by atoms with E-state index in [9.17, 15) is 0 Å². The maximum Gasteiger partial charge on any atom is 0.0544 e. The van der Waals surface area contributed by atoms with Crippen molar-refractivity contribution in [1.82, 2.24) is 15.0 Å². The molecule has 0 bridgehead atoms. The first-order chi connectivity index (χ1) is 40.2. The van der Waals surface area contributed by atoms with Gasteiger partial charge in [-0.2, -0.15) is 0 Å². The van der Waals surface area contributed by atoms with Crippen LogP contribution in [0.3, 0.4) is 0 Å². The van der Waals surface area contributed by atoms with Crippen molar-refractivity contribution in [3.8, 4) is 77.9 Å². The summed E-state index contributed by atoms with van der Waals surface area (Å²) < 4.78 is 0. The number of hydrogen-bond acceptors (Lipinski definition) is 0. The first-order valence-corrected chi connectivity index (χ1v) is 28.0. The minimum Gasteiger partial charge on any atom is -0.354 e. The highest BCUT2D eigenvalue weighted by atomic mass is 14.7. The van der Waals surface area contributed by atoms with E-state index in [1.807, 2.05) is 0 Å². The molecular weight excluding hydrogens is 979 g/mol. The molecule has 3 heteroatoms. The van der Waals surface area contributed by atoms with Crippen LogP contribution in [-0.2, 0) is 0 Å². The Kier molecular flexibility index (Phi) is 10.0. The fourth-order valence-corrected chi connectivity index (χ4v) is 13.9. The standard InChI is InChI=1S/C78H49N3/c1-3-22-47(23-4-1)49-33-17-35-58(63-40-19-37-60-54-29-11-14-43-68(54)79-76(60)63)71(49)74-67(65-42-21-39-62-56-31-13-16-45-70(56)81-78(62)65)46-66-53-28-8-7-26-51(53)52-27-9-10-32-57(52)73(66)75(74)72-50(48-24-5-2-6-25-48)34-18-36-59(72)64-41-20-38-61-55-30-12-15-44-69(55)80-77(61)64/h1-46,79-81H. The Balaban J connectivity index is 1.17. The fraction of sp³-hybridized carbons (Fsp3) is 0. The van der Waals surface area contributed by atoms with E-state index in [-0.39, 0.29) is 0 Å². The molecule has 376 valence electrons. The maximum absolute atomic E-state index is 4.03. The smallest absolute Gasteiger partial charge is 0.0544 e. The highest BCUT2D eigenvalue weighted by molar-refractivity contribution is 6.34. The van der Waals surface area contributed by atoms with Gasteiger partial charge in [-0.05, 0) is 118 Å². The third-order valence-corrected chi connectivity index (χ3v) is 17.3. The number of rotatable bonds is 7. The van der Waals surface area contributed by atoms with Crippen LogP contribution in [0.5, 0.6) is 0 Å². The summed E-state index contributed by atoms with van der Waals surface area (Å²) in [4.78, 5) is 12.0. The number of benzene rings is 14. The molecule has 3 nitrogen and oxygen atoms in total. The van der Waals surface area contributed by atoms with Crippen LogP contribution in [0.1, 0.15) is 0 Å². The summed E-state index contributed by atoms with van der Waals surface area (Å²) in [5.74, 6) is 0. The summed E-state index contributed by atoms with van der Waals surface area (Å²) in [6.45, 7) is 0. The van der Waals surface area contributed by atoms with Gasteiger partial charge in [-0.1, -0.05) is 255 Å². The average Bonchev–Trinajstić information content (AvgIpc) is 4.31. The zero-order chi connectivity index (χ0) is 53.1. The first-order valence-electron chi connectivity index (χ1n) is 28.0. The maximum atomic E-state index is 4.03. The number of aromatic amines is 3. The number of para-hydroxylation sites is 6. The lowest BCUT2D eigenvalue weighted by atomic mass is 9.74. The van der Waals surface area contributed by atoms with Crippen molar-refractivity contribution >= 4 is 97.7 Å². The molecule has 81 heavy (non-hydrogen) atoms. The van der Waals surface area contributed by atoms with E-state index in [2.05, 4.69) is 294 Å². The Labute approximate surface area is 467 Å². The van der Waals surface area contributed by atoms with E-state index in [1.54, 1.807) is 0 Å². The number of H-pyrrole nitrogens is 3. The van der Waals surface area contributed by atoms with E-state index in [0.717, 1.165) is 99.9 Å². The van der Waals surface area contributed by atoms with E-state index in [4.69, 9.17) is 0 Å². The first kappa shape index (κ1) is 45.3. The molecule has 0 unspecified atom stereocenters. The molecule has 3 aromatic heterocycles. The van der Waals surface area contributed by atoms with Crippen molar-refractivity contribution in [2.75, 3.05) is 0 Å². The van der Waals surface area contributed by atoms with Crippen LogP contribution < -0.4 is 0 Å². The van der Waals surface area contributed by atoms with E-state index in [0.29, 0.717) is 0 Å². The minimum absolute atomic E-state index is 1.10. The summed E-state index contributed by atoms with van der Waals surface area (Å²) in [6, 6.07) is 104. The summed E-state index contributed by atoms with van der Waals surface area (Å²) in [5, 5.41) is 14.5. The summed E-state index contributed by atoms with van der Waals surface area (Å²) >= 11 is 0. The monoisotopic (exact) mass is 1030 g/mol. The quantitative estimate of drug-likeness (QED) is 0.133. The Morgan fingerprint density at radius 1 is 0.173 bits per heavy atom. The van der Waals surface area contributed by atoms with Crippen molar-refractivity contribution in [1.29, 1.82) is 0 Å². The van der Waals surface area contributed by atoms with Gasteiger partial charge in [0.15, 0.2) is 0 Å². The molecule has 0 saturated carbocycles. The third-order valence-electron chi connectivity index (χ3n) is 17.3. The lowest BCUT2D eigenvalue weighted by Crippen LogP contribution is -2.01. The minimum atomic E-state index is 1.10. The molecule has 0 aliphatic heterocycles. The SMILES string of the molecule is c1ccc(-c2cccc(-c3cccc4c3[nH]c3ccccc34)c2-c2c(-c3cccc4c3[nH]c3ccccc34)cc3c4ccccc4c4ccccc4c3c2-c2c(-c3ccccc3)cccc2-c2cccc3c2[nH]c2ccccc23)cc1. The average molecular weight is 1030 g/mol. The van der Waals surface area contributed by atoms with Gasteiger partial charge in [-0.15, -0.1) is 0 Å². The Morgan fingerprint density at radius 3 is 0.938 bits per heavy atom. The van der Waals surface area contributed by atoms with Crippen molar-refractivity contribution < 1.29 is 0 Å². The third kappa shape index (κ3) is 6.83. The largest absolute Gasteiger partial charge is 0.354 e. The summed E-state index contributed by atoms with van der Waals surface area (Å²) in [7, 11) is 0. The molecule has 3 N–H and O–H groups in total. The topological polar surface area (TPSA) is 47.4 Å². The second kappa shape index (κ2) is 17.9. The zero-order valence-electron chi connectivity index (χ0n) is 44.1. The molecule has 0 spiro atoms. The summed E-state index contributed by atoms with van der Waals surface area (Å²) in [6.07, 6.45) is 0. The molecule has 17 aromatic rings. The van der Waals surface area contributed by atoms with Gasteiger partial charge in [0.1, 0.15) is 0 Å². The predicted octanol–water partition coefficient (Wildman–Crippen LogP) is 21.7. The molecule has 0 amide bonds. The Morgan fingerprint density at radius 2 is 0.481 bits per heavy atom. The number of hydrogen-bond donors (Lipinski definition) is 3. The van der Waals surface area contributed by atoms with Gasteiger partial charge in [-0.25, -0.2) is 0 Å². The van der Waals surface area contributed by atoms with E-state index in [1.165, 1.54) is 75.8 Å². The Hall–Kier alpha value is -10.7. The highest BCUT2D eigenvalue weighted by Crippen LogP contribution is 2.58. The van der Waals surface area contributed by atoms with E-state index < -0.39 is 0 Å². The Bertz CT molecular complexity index is 5400. The molecule has 14 aromatic carbocycles.